The number of aliphatic hydroxyl groups excluding tert-OH is 1. The van der Waals surface area contributed by atoms with E-state index in [0.717, 1.165) is 24.8 Å². The fourth-order valence-electron chi connectivity index (χ4n) is 4.54. The molecule has 12 heteroatoms. The fourth-order valence-corrected chi connectivity index (χ4v) is 5.95. The number of carbonyl (C=O) groups excluding carboxylic acids is 1. The van der Waals surface area contributed by atoms with Crippen molar-refractivity contribution in [1.29, 1.82) is 0 Å². The number of aromatic nitrogens is 2. The highest BCUT2D eigenvalue weighted by atomic mass is 32.2. The molecule has 1 atom stereocenters. The maximum Gasteiger partial charge on any atom is 0.256 e. The zero-order valence-corrected chi connectivity index (χ0v) is 20.5. The number of piperazine rings is 1. The first kappa shape index (κ1) is 24.4. The summed E-state index contributed by atoms with van der Waals surface area (Å²) in [7, 11) is -1.92. The van der Waals surface area contributed by atoms with E-state index in [1.54, 1.807) is 12.1 Å². The number of rotatable bonds is 6. The predicted octanol–water partition coefficient (Wildman–Crippen LogP) is 1.62. The molecule has 2 aliphatic heterocycles. The minimum atomic E-state index is -3.91. The Morgan fingerprint density at radius 2 is 1.97 bits per heavy atom. The fraction of sp³-hybridized carbons (Fsp3) is 0.333. The van der Waals surface area contributed by atoms with Gasteiger partial charge < -0.3 is 15.3 Å². The van der Waals surface area contributed by atoms with E-state index in [2.05, 4.69) is 25.3 Å². The lowest BCUT2D eigenvalue weighted by Crippen LogP contribution is -2.53. The highest BCUT2D eigenvalue weighted by molar-refractivity contribution is 7.89. The van der Waals surface area contributed by atoms with Crippen LogP contribution in [0.2, 0.25) is 0 Å². The van der Waals surface area contributed by atoms with E-state index in [1.807, 2.05) is 19.2 Å². The van der Waals surface area contributed by atoms with Crippen molar-refractivity contribution in [3.05, 3.63) is 71.2 Å². The zero-order chi connectivity index (χ0) is 25.4. The quantitative estimate of drug-likeness (QED) is 0.457. The number of sulfonamides is 1. The monoisotopic (exact) mass is 514 g/mol. The number of nitrogens with zero attached hydrogens (tertiary/aromatic N) is 4. The molecule has 36 heavy (non-hydrogen) atoms. The Bertz CT molecular complexity index is 1380. The molecule has 3 N–H and O–H groups in total. The van der Waals surface area contributed by atoms with Gasteiger partial charge in [-0.05, 0) is 49.5 Å². The molecule has 2 aliphatic rings. The predicted molar refractivity (Wildman–Crippen MR) is 132 cm³/mol. The van der Waals surface area contributed by atoms with Gasteiger partial charge in [-0.3, -0.25) is 14.8 Å². The van der Waals surface area contributed by atoms with E-state index in [1.165, 1.54) is 22.5 Å². The summed E-state index contributed by atoms with van der Waals surface area (Å²) in [6.07, 6.45) is 0. The Labute approximate surface area is 208 Å². The third-order valence-corrected chi connectivity index (χ3v) is 8.56. The summed E-state index contributed by atoms with van der Waals surface area (Å²) in [4.78, 5) is 17.1. The van der Waals surface area contributed by atoms with Crippen LogP contribution in [0.1, 0.15) is 21.6 Å². The number of benzene rings is 2. The first-order chi connectivity index (χ1) is 17.3. The molecule has 1 amide bonds. The van der Waals surface area contributed by atoms with Crippen LogP contribution in [0, 0.1) is 5.82 Å². The first-order valence-electron chi connectivity index (χ1n) is 11.6. The van der Waals surface area contributed by atoms with Gasteiger partial charge in [-0.2, -0.15) is 9.40 Å². The Balaban J connectivity index is 1.26. The average molecular weight is 515 g/mol. The minimum Gasteiger partial charge on any atom is -0.395 e. The van der Waals surface area contributed by atoms with Gasteiger partial charge >= 0.3 is 0 Å². The number of carbonyl (C=O) groups is 1. The van der Waals surface area contributed by atoms with Crippen molar-refractivity contribution in [2.75, 3.05) is 43.5 Å². The van der Waals surface area contributed by atoms with Crippen molar-refractivity contribution in [2.24, 2.45) is 0 Å². The second-order valence-electron chi connectivity index (χ2n) is 9.02. The zero-order valence-electron chi connectivity index (χ0n) is 19.7. The lowest BCUT2D eigenvalue weighted by Gasteiger charge is -2.39. The van der Waals surface area contributed by atoms with Gasteiger partial charge in [0.05, 0.1) is 29.8 Å². The SMILES string of the molecule is CN1CCN(c2ccc(C(=O)Nc3n[nH]c4c3CN(S(=O)(=O)c3cccc(F)c3)C4)cc2)CC1CO. The van der Waals surface area contributed by atoms with Crippen molar-refractivity contribution in [2.45, 2.75) is 24.0 Å². The van der Waals surface area contributed by atoms with Gasteiger partial charge in [0, 0.05) is 43.0 Å². The highest BCUT2D eigenvalue weighted by Crippen LogP contribution is 2.32. The topological polar surface area (TPSA) is 122 Å². The van der Waals surface area contributed by atoms with Gasteiger partial charge in [0.2, 0.25) is 10.0 Å². The van der Waals surface area contributed by atoms with Gasteiger partial charge in [0.15, 0.2) is 5.82 Å². The molecule has 1 fully saturated rings. The number of likely N-dealkylation sites (N-methyl/N-ethyl adjacent to an activating group) is 1. The number of amides is 1. The average Bonchev–Trinajstić information content (AvgIpc) is 3.47. The maximum absolute atomic E-state index is 13.6. The van der Waals surface area contributed by atoms with E-state index in [0.29, 0.717) is 23.4 Å². The number of halogens is 1. The summed E-state index contributed by atoms with van der Waals surface area (Å²) in [5, 5.41) is 19.3. The van der Waals surface area contributed by atoms with Gasteiger partial charge in [-0.25, -0.2) is 12.8 Å². The van der Waals surface area contributed by atoms with Crippen LogP contribution in [0.15, 0.2) is 53.4 Å². The van der Waals surface area contributed by atoms with E-state index < -0.39 is 15.8 Å². The summed E-state index contributed by atoms with van der Waals surface area (Å²) in [6.45, 7) is 2.51. The number of hydrogen-bond acceptors (Lipinski definition) is 7. The number of anilines is 2. The summed E-state index contributed by atoms with van der Waals surface area (Å²) >= 11 is 0. The molecule has 0 bridgehead atoms. The maximum atomic E-state index is 13.6. The Hall–Kier alpha value is -3.32. The highest BCUT2D eigenvalue weighted by Gasteiger charge is 2.34. The first-order valence-corrected chi connectivity index (χ1v) is 13.0. The molecular formula is C24H27FN6O4S. The molecule has 0 saturated carbocycles. The minimum absolute atomic E-state index is 0.00859. The van der Waals surface area contributed by atoms with Crippen LogP contribution in [-0.4, -0.2) is 78.2 Å². The lowest BCUT2D eigenvalue weighted by molar-refractivity contribution is 0.102. The molecule has 0 aliphatic carbocycles. The Morgan fingerprint density at radius 3 is 2.69 bits per heavy atom. The van der Waals surface area contributed by atoms with E-state index in [9.17, 15) is 22.7 Å². The van der Waals surface area contributed by atoms with Crippen LogP contribution >= 0.6 is 0 Å². The van der Waals surface area contributed by atoms with Gasteiger partial charge in [0.1, 0.15) is 5.82 Å². The number of hydrogen-bond donors (Lipinski definition) is 3. The Kier molecular flexibility index (Phi) is 6.51. The standard InChI is InChI=1S/C24H27FN6O4S/c1-29-9-10-30(12-19(29)15-32)18-7-5-16(6-8-18)24(33)26-23-21-13-31(14-22(21)27-28-23)36(34,35)20-4-2-3-17(25)11-20/h2-8,11,19,32H,9-10,12-15H2,1H3,(H2,26,27,28,33). The van der Waals surface area contributed by atoms with E-state index in [-0.39, 0.29) is 42.4 Å². The van der Waals surface area contributed by atoms with Crippen molar-refractivity contribution in [3.63, 3.8) is 0 Å². The van der Waals surface area contributed by atoms with Crippen LogP contribution in [-0.2, 0) is 23.1 Å². The number of aromatic amines is 1. The molecule has 3 heterocycles. The summed E-state index contributed by atoms with van der Waals surface area (Å²) in [6, 6.07) is 12.1. The van der Waals surface area contributed by atoms with Crippen LogP contribution in [0.3, 0.4) is 0 Å². The largest absolute Gasteiger partial charge is 0.395 e. The molecule has 190 valence electrons. The summed E-state index contributed by atoms with van der Waals surface area (Å²) in [5.41, 5.74) is 2.56. The smallest absolute Gasteiger partial charge is 0.256 e. The molecule has 1 aromatic heterocycles. The van der Waals surface area contributed by atoms with Crippen molar-refractivity contribution >= 4 is 27.4 Å². The molecule has 3 aromatic rings. The molecular weight excluding hydrogens is 487 g/mol. The summed E-state index contributed by atoms with van der Waals surface area (Å²) < 4.78 is 40.7. The van der Waals surface area contributed by atoms with Crippen LogP contribution in [0.25, 0.3) is 0 Å². The molecule has 0 spiro atoms. The number of H-pyrrole nitrogens is 1. The van der Waals surface area contributed by atoms with E-state index >= 15 is 0 Å². The lowest BCUT2D eigenvalue weighted by atomic mass is 10.1. The van der Waals surface area contributed by atoms with Gasteiger partial charge in [0.25, 0.3) is 5.91 Å². The third-order valence-electron chi connectivity index (χ3n) is 6.77. The molecule has 0 radical (unpaired) electrons. The van der Waals surface area contributed by atoms with Gasteiger partial charge in [-0.15, -0.1) is 0 Å². The van der Waals surface area contributed by atoms with Crippen LogP contribution in [0.5, 0.6) is 0 Å². The van der Waals surface area contributed by atoms with Crippen molar-refractivity contribution in [3.8, 4) is 0 Å². The van der Waals surface area contributed by atoms with Gasteiger partial charge in [-0.1, -0.05) is 6.07 Å². The number of aliphatic hydroxyl groups is 1. The molecule has 1 unspecified atom stereocenters. The molecule has 2 aromatic carbocycles. The van der Waals surface area contributed by atoms with Crippen molar-refractivity contribution < 1.29 is 22.7 Å². The van der Waals surface area contributed by atoms with Crippen molar-refractivity contribution in [1.82, 2.24) is 19.4 Å². The second-order valence-corrected chi connectivity index (χ2v) is 11.0. The third kappa shape index (κ3) is 4.60. The number of nitrogens with one attached hydrogen (secondary N) is 2. The van der Waals surface area contributed by atoms with E-state index in [4.69, 9.17) is 0 Å². The molecule has 5 rings (SSSR count). The molecule has 10 nitrogen and oxygen atoms in total. The molecule has 1 saturated heterocycles. The second kappa shape index (κ2) is 9.62. The normalized spacial score (nSPS) is 18.9. The van der Waals surface area contributed by atoms with Crippen LogP contribution in [0.4, 0.5) is 15.9 Å². The summed E-state index contributed by atoms with van der Waals surface area (Å²) in [5.74, 6) is -0.731. The Morgan fingerprint density at radius 1 is 1.19 bits per heavy atom. The number of fused-ring (bicyclic) bond motifs is 1. The van der Waals surface area contributed by atoms with Crippen LogP contribution < -0.4 is 10.2 Å².